The van der Waals surface area contributed by atoms with Crippen LogP contribution < -0.4 is 0 Å². The molecule has 2 atom stereocenters. The second kappa shape index (κ2) is 6.49. The predicted molar refractivity (Wildman–Crippen MR) is 59.9 cm³/mol. The zero-order valence-electron chi connectivity index (χ0n) is 9.17. The molecule has 0 aliphatic carbocycles. The van der Waals surface area contributed by atoms with E-state index in [1.54, 1.807) is 0 Å². The number of carbonyl (C=O) groups excluding carboxylic acids is 1. The molecule has 0 aromatic rings. The van der Waals surface area contributed by atoms with Crippen molar-refractivity contribution in [3.8, 4) is 0 Å². The third kappa shape index (κ3) is 3.66. The molecular formula is C10H16BrF2NO2. The second-order valence-corrected chi connectivity index (χ2v) is 4.71. The summed E-state index contributed by atoms with van der Waals surface area (Å²) >= 11 is 3.15. The summed E-state index contributed by atoms with van der Waals surface area (Å²) in [5, 5.41) is 0.493. The van der Waals surface area contributed by atoms with Crippen molar-refractivity contribution < 1.29 is 18.3 Å². The molecule has 0 aromatic carbocycles. The highest BCUT2D eigenvalue weighted by molar-refractivity contribution is 9.09. The molecule has 0 saturated carbocycles. The van der Waals surface area contributed by atoms with E-state index >= 15 is 0 Å². The average molecular weight is 300 g/mol. The SMILES string of the molecule is CC1CCOC1C(=O)N(CCBr)CC(F)F. The largest absolute Gasteiger partial charge is 0.368 e. The van der Waals surface area contributed by atoms with Gasteiger partial charge in [-0.3, -0.25) is 4.79 Å². The zero-order chi connectivity index (χ0) is 12.1. The fourth-order valence-corrected chi connectivity index (χ4v) is 2.18. The molecule has 1 amide bonds. The Morgan fingerprint density at radius 3 is 2.75 bits per heavy atom. The van der Waals surface area contributed by atoms with Crippen molar-refractivity contribution in [1.82, 2.24) is 4.90 Å². The molecule has 1 aliphatic heterocycles. The van der Waals surface area contributed by atoms with Gasteiger partial charge in [-0.1, -0.05) is 22.9 Å². The Balaban J connectivity index is 2.58. The maximum Gasteiger partial charge on any atom is 0.255 e. The molecule has 16 heavy (non-hydrogen) atoms. The fourth-order valence-electron chi connectivity index (χ4n) is 1.75. The Hall–Kier alpha value is -0.230. The standard InChI is InChI=1S/C10H16BrF2NO2/c1-7-2-5-16-9(7)10(15)14(4-3-11)6-8(12)13/h7-9H,2-6H2,1H3. The van der Waals surface area contributed by atoms with Crippen LogP contribution in [0.3, 0.4) is 0 Å². The van der Waals surface area contributed by atoms with E-state index in [1.165, 1.54) is 4.90 Å². The monoisotopic (exact) mass is 299 g/mol. The van der Waals surface area contributed by atoms with Crippen LogP contribution in [0.4, 0.5) is 8.78 Å². The Kier molecular flexibility index (Phi) is 5.61. The molecule has 1 fully saturated rings. The lowest BCUT2D eigenvalue weighted by molar-refractivity contribution is -0.144. The van der Waals surface area contributed by atoms with E-state index in [1.807, 2.05) is 6.92 Å². The summed E-state index contributed by atoms with van der Waals surface area (Å²) < 4.78 is 29.9. The molecule has 1 heterocycles. The first kappa shape index (κ1) is 13.8. The highest BCUT2D eigenvalue weighted by Crippen LogP contribution is 2.22. The van der Waals surface area contributed by atoms with Crippen molar-refractivity contribution >= 4 is 21.8 Å². The highest BCUT2D eigenvalue weighted by Gasteiger charge is 2.34. The van der Waals surface area contributed by atoms with E-state index in [0.29, 0.717) is 11.9 Å². The third-order valence-electron chi connectivity index (χ3n) is 2.66. The first-order chi connectivity index (χ1) is 7.56. The number of halogens is 3. The minimum absolute atomic E-state index is 0.114. The Labute approximate surface area is 102 Å². The predicted octanol–water partition coefficient (Wildman–Crippen LogP) is 1.90. The molecule has 0 N–H and O–H groups in total. The van der Waals surface area contributed by atoms with Gasteiger partial charge < -0.3 is 9.64 Å². The molecule has 1 saturated heterocycles. The number of rotatable bonds is 5. The molecule has 94 valence electrons. The minimum Gasteiger partial charge on any atom is -0.368 e. The zero-order valence-corrected chi connectivity index (χ0v) is 10.8. The first-order valence-corrected chi connectivity index (χ1v) is 6.43. The fraction of sp³-hybridized carbons (Fsp3) is 0.900. The van der Waals surface area contributed by atoms with Crippen LogP contribution in [-0.2, 0) is 9.53 Å². The first-order valence-electron chi connectivity index (χ1n) is 5.30. The van der Waals surface area contributed by atoms with Crippen molar-refractivity contribution in [1.29, 1.82) is 0 Å². The summed E-state index contributed by atoms with van der Waals surface area (Å²) in [7, 11) is 0. The van der Waals surface area contributed by atoms with Crippen LogP contribution in [0.15, 0.2) is 0 Å². The van der Waals surface area contributed by atoms with Crippen LogP contribution in [0.25, 0.3) is 0 Å². The van der Waals surface area contributed by atoms with Crippen molar-refractivity contribution in [3.63, 3.8) is 0 Å². The van der Waals surface area contributed by atoms with Crippen LogP contribution in [0, 0.1) is 5.92 Å². The number of hydrogen-bond acceptors (Lipinski definition) is 2. The van der Waals surface area contributed by atoms with Crippen LogP contribution >= 0.6 is 15.9 Å². The lowest BCUT2D eigenvalue weighted by atomic mass is 10.0. The van der Waals surface area contributed by atoms with Gasteiger partial charge >= 0.3 is 0 Å². The van der Waals surface area contributed by atoms with Gasteiger partial charge in [0.1, 0.15) is 6.10 Å². The van der Waals surface area contributed by atoms with Crippen LogP contribution in [0.5, 0.6) is 0 Å². The molecule has 0 aromatic heterocycles. The summed E-state index contributed by atoms with van der Waals surface area (Å²) in [5.41, 5.74) is 0. The molecule has 1 rings (SSSR count). The minimum atomic E-state index is -2.50. The van der Waals surface area contributed by atoms with E-state index in [4.69, 9.17) is 4.74 Å². The van der Waals surface area contributed by atoms with E-state index < -0.39 is 19.1 Å². The number of carbonyl (C=O) groups is 1. The topological polar surface area (TPSA) is 29.5 Å². The smallest absolute Gasteiger partial charge is 0.255 e. The van der Waals surface area contributed by atoms with Crippen LogP contribution in [0.1, 0.15) is 13.3 Å². The number of hydrogen-bond donors (Lipinski definition) is 0. The van der Waals surface area contributed by atoms with Crippen molar-refractivity contribution in [2.75, 3.05) is 25.0 Å². The maximum absolute atomic E-state index is 12.3. The Morgan fingerprint density at radius 2 is 2.31 bits per heavy atom. The van der Waals surface area contributed by atoms with Gasteiger partial charge in [-0.15, -0.1) is 0 Å². The summed E-state index contributed by atoms with van der Waals surface area (Å²) in [5.74, 6) is -0.201. The van der Waals surface area contributed by atoms with Crippen molar-refractivity contribution in [2.45, 2.75) is 25.9 Å². The van der Waals surface area contributed by atoms with Gasteiger partial charge in [-0.05, 0) is 12.3 Å². The number of ether oxygens (including phenoxy) is 1. The summed E-state index contributed by atoms with van der Waals surface area (Å²) in [4.78, 5) is 13.1. The van der Waals surface area contributed by atoms with Gasteiger partial charge in [-0.2, -0.15) is 0 Å². The lowest BCUT2D eigenvalue weighted by Crippen LogP contribution is -2.44. The average Bonchev–Trinajstić information content (AvgIpc) is 2.62. The van der Waals surface area contributed by atoms with Gasteiger partial charge in [0.2, 0.25) is 0 Å². The quantitative estimate of drug-likeness (QED) is 0.726. The van der Waals surface area contributed by atoms with E-state index in [2.05, 4.69) is 15.9 Å². The molecule has 3 nitrogen and oxygen atoms in total. The van der Waals surface area contributed by atoms with E-state index in [-0.39, 0.29) is 18.4 Å². The normalized spacial score (nSPS) is 25.1. The molecule has 0 bridgehead atoms. The van der Waals surface area contributed by atoms with Gasteiger partial charge in [0.05, 0.1) is 6.54 Å². The third-order valence-corrected chi connectivity index (χ3v) is 3.01. The number of alkyl halides is 3. The summed E-state index contributed by atoms with van der Waals surface area (Å²) in [6.45, 7) is 2.21. The van der Waals surface area contributed by atoms with E-state index in [9.17, 15) is 13.6 Å². The molecule has 0 spiro atoms. The Bertz CT molecular complexity index is 241. The van der Waals surface area contributed by atoms with Crippen molar-refractivity contribution in [3.05, 3.63) is 0 Å². The number of nitrogens with zero attached hydrogens (tertiary/aromatic N) is 1. The maximum atomic E-state index is 12.3. The molecule has 2 unspecified atom stereocenters. The van der Waals surface area contributed by atoms with Gasteiger partial charge in [0.25, 0.3) is 12.3 Å². The van der Waals surface area contributed by atoms with Crippen LogP contribution in [0.2, 0.25) is 0 Å². The summed E-state index contributed by atoms with van der Waals surface area (Å²) in [6, 6.07) is 0. The summed E-state index contributed by atoms with van der Waals surface area (Å²) in [6.07, 6.45) is -2.23. The van der Waals surface area contributed by atoms with Crippen LogP contribution in [-0.4, -0.2) is 48.4 Å². The molecular weight excluding hydrogens is 284 g/mol. The highest BCUT2D eigenvalue weighted by atomic mass is 79.9. The number of amides is 1. The molecule has 0 radical (unpaired) electrons. The van der Waals surface area contributed by atoms with Gasteiger partial charge in [-0.25, -0.2) is 8.78 Å². The lowest BCUT2D eigenvalue weighted by Gasteiger charge is -2.25. The van der Waals surface area contributed by atoms with Crippen molar-refractivity contribution in [2.24, 2.45) is 5.92 Å². The van der Waals surface area contributed by atoms with Gasteiger partial charge in [0.15, 0.2) is 0 Å². The second-order valence-electron chi connectivity index (χ2n) is 3.92. The molecule has 1 aliphatic rings. The molecule has 6 heteroatoms. The van der Waals surface area contributed by atoms with E-state index in [0.717, 1.165) is 6.42 Å². The van der Waals surface area contributed by atoms with Gasteiger partial charge in [0, 0.05) is 18.5 Å². The Morgan fingerprint density at radius 1 is 1.62 bits per heavy atom.